The fourth-order valence-corrected chi connectivity index (χ4v) is 5.10. The summed E-state index contributed by atoms with van der Waals surface area (Å²) in [7, 11) is 0. The van der Waals surface area contributed by atoms with Gasteiger partial charge in [-0.1, -0.05) is 42.8 Å². The molecule has 2 heterocycles. The van der Waals surface area contributed by atoms with Gasteiger partial charge in [-0.15, -0.1) is 0 Å². The van der Waals surface area contributed by atoms with E-state index in [1.54, 1.807) is 0 Å². The van der Waals surface area contributed by atoms with E-state index in [1.807, 2.05) is 48.5 Å². The molecule has 0 spiro atoms. The minimum atomic E-state index is -0.563. The first-order valence-corrected chi connectivity index (χ1v) is 13.9. The third kappa shape index (κ3) is 9.12. The van der Waals surface area contributed by atoms with Crippen molar-refractivity contribution in [3.8, 4) is 0 Å². The number of rotatable bonds is 12. The highest BCUT2D eigenvalue weighted by Gasteiger charge is 2.34. The lowest BCUT2D eigenvalue weighted by Gasteiger charge is -2.37. The minimum Gasteiger partial charge on any atom is -0.392 e. The van der Waals surface area contributed by atoms with Crippen molar-refractivity contribution in [1.82, 2.24) is 10.2 Å². The average molecular weight is 540 g/mol. The molecule has 2 aromatic rings. The zero-order valence-electron chi connectivity index (χ0n) is 22.7. The van der Waals surface area contributed by atoms with Gasteiger partial charge in [0.05, 0.1) is 24.9 Å². The van der Waals surface area contributed by atoms with Gasteiger partial charge in [0.15, 0.2) is 6.29 Å². The normalized spacial score (nSPS) is 23.5. The van der Waals surface area contributed by atoms with Crippen LogP contribution in [0.3, 0.4) is 0 Å². The number of benzene rings is 2. The number of β-amino-alcohol motifs (C(OH)–C–C–N with tert-alkyl or cyclic N) is 1. The molecule has 2 fully saturated rings. The summed E-state index contributed by atoms with van der Waals surface area (Å²) in [6, 6.07) is 15.4. The van der Waals surface area contributed by atoms with Crippen LogP contribution in [0.4, 0.5) is 5.69 Å². The van der Waals surface area contributed by atoms with E-state index in [2.05, 4.69) is 15.5 Å². The Labute approximate surface area is 230 Å². The van der Waals surface area contributed by atoms with E-state index in [0.717, 1.165) is 61.2 Å². The van der Waals surface area contributed by atoms with Gasteiger partial charge >= 0.3 is 0 Å². The van der Waals surface area contributed by atoms with E-state index in [9.17, 15) is 19.8 Å². The number of anilines is 1. The maximum absolute atomic E-state index is 12.3. The Morgan fingerprint density at radius 3 is 2.41 bits per heavy atom. The molecular weight excluding hydrogens is 498 g/mol. The van der Waals surface area contributed by atoms with Crippen LogP contribution in [0.25, 0.3) is 0 Å². The number of amides is 2. The maximum atomic E-state index is 12.3. The van der Waals surface area contributed by atoms with E-state index >= 15 is 0 Å². The van der Waals surface area contributed by atoms with E-state index in [4.69, 9.17) is 9.47 Å². The number of aliphatic hydroxyl groups excluding tert-OH is 2. The summed E-state index contributed by atoms with van der Waals surface area (Å²) < 4.78 is 12.8. The van der Waals surface area contributed by atoms with Crippen LogP contribution < -0.4 is 10.6 Å². The van der Waals surface area contributed by atoms with Crippen LogP contribution in [-0.2, 0) is 25.7 Å². The Morgan fingerprint density at radius 1 is 1.00 bits per heavy atom. The topological polar surface area (TPSA) is 120 Å². The highest BCUT2D eigenvalue weighted by molar-refractivity contribution is 5.90. The summed E-state index contributed by atoms with van der Waals surface area (Å²) >= 11 is 0. The number of nitrogens with zero attached hydrogens (tertiary/aromatic N) is 1. The van der Waals surface area contributed by atoms with E-state index in [-0.39, 0.29) is 36.7 Å². The quantitative estimate of drug-likeness (QED) is 0.305. The number of carbonyl (C=O) groups excluding carboxylic acids is 2. The molecule has 0 saturated carbocycles. The second-order valence-corrected chi connectivity index (χ2v) is 10.5. The Kier molecular flexibility index (Phi) is 10.9. The van der Waals surface area contributed by atoms with Crippen molar-refractivity contribution in [2.45, 2.75) is 76.7 Å². The van der Waals surface area contributed by atoms with Crippen LogP contribution in [0, 0.1) is 0 Å². The van der Waals surface area contributed by atoms with Gasteiger partial charge in [-0.25, -0.2) is 0 Å². The summed E-state index contributed by atoms with van der Waals surface area (Å²) in [4.78, 5) is 25.5. The van der Waals surface area contributed by atoms with Gasteiger partial charge in [-0.2, -0.15) is 0 Å². The van der Waals surface area contributed by atoms with E-state index in [0.29, 0.717) is 25.9 Å². The molecule has 4 unspecified atom stereocenters. The molecule has 9 heteroatoms. The Morgan fingerprint density at radius 2 is 1.74 bits per heavy atom. The number of nitrogens with one attached hydrogen (secondary N) is 2. The molecule has 2 amide bonds. The predicted octanol–water partition coefficient (Wildman–Crippen LogP) is 3.43. The first-order valence-electron chi connectivity index (χ1n) is 13.9. The zero-order valence-corrected chi connectivity index (χ0v) is 22.7. The molecule has 39 heavy (non-hydrogen) atoms. The monoisotopic (exact) mass is 539 g/mol. The summed E-state index contributed by atoms with van der Waals surface area (Å²) in [5, 5.41) is 25.1. The van der Waals surface area contributed by atoms with E-state index in [1.165, 1.54) is 6.92 Å². The molecule has 0 aliphatic carbocycles. The third-order valence-electron chi connectivity index (χ3n) is 7.25. The second-order valence-electron chi connectivity index (χ2n) is 10.5. The van der Waals surface area contributed by atoms with Gasteiger partial charge in [0.1, 0.15) is 0 Å². The number of ether oxygens (including phenoxy) is 2. The second kappa shape index (κ2) is 14.5. The van der Waals surface area contributed by atoms with Crippen LogP contribution >= 0.6 is 0 Å². The van der Waals surface area contributed by atoms with Crippen LogP contribution in [0.2, 0.25) is 0 Å². The van der Waals surface area contributed by atoms with Crippen molar-refractivity contribution >= 4 is 17.5 Å². The average Bonchev–Trinajstić information content (AvgIpc) is 3.35. The first kappa shape index (κ1) is 29.2. The largest absolute Gasteiger partial charge is 0.392 e. The molecule has 2 saturated heterocycles. The third-order valence-corrected chi connectivity index (χ3v) is 7.25. The molecule has 4 N–H and O–H groups in total. The SMILES string of the molecule is CC(=O)NCCCCCC(=O)Nc1ccc(C2OC(CN3CCC(O)C3)CC(c3ccc(CO)cc3)O2)cc1. The lowest BCUT2D eigenvalue weighted by molar-refractivity contribution is -0.252. The molecule has 4 rings (SSSR count). The lowest BCUT2D eigenvalue weighted by atomic mass is 9.99. The van der Waals surface area contributed by atoms with Gasteiger partial charge in [0, 0.05) is 57.2 Å². The number of hydrogen-bond donors (Lipinski definition) is 4. The summed E-state index contributed by atoms with van der Waals surface area (Å²) in [5.41, 5.74) is 3.48. The van der Waals surface area contributed by atoms with Crippen molar-refractivity contribution in [2.75, 3.05) is 31.5 Å². The van der Waals surface area contributed by atoms with Crippen molar-refractivity contribution in [3.63, 3.8) is 0 Å². The molecule has 2 aliphatic heterocycles. The molecule has 0 aromatic heterocycles. The summed E-state index contributed by atoms with van der Waals surface area (Å²) in [6.07, 6.45) is 3.33. The Hall–Kier alpha value is -2.82. The number of unbranched alkanes of at least 4 members (excludes halogenated alkanes) is 2. The van der Waals surface area contributed by atoms with Crippen molar-refractivity contribution in [1.29, 1.82) is 0 Å². The lowest BCUT2D eigenvalue weighted by Crippen LogP contribution is -2.38. The highest BCUT2D eigenvalue weighted by atomic mass is 16.7. The molecule has 9 nitrogen and oxygen atoms in total. The van der Waals surface area contributed by atoms with Crippen LogP contribution in [0.15, 0.2) is 48.5 Å². The van der Waals surface area contributed by atoms with Crippen LogP contribution in [0.1, 0.15) is 74.5 Å². The fraction of sp³-hybridized carbons (Fsp3) is 0.533. The van der Waals surface area contributed by atoms with Crippen molar-refractivity contribution < 1.29 is 29.3 Å². The first-order chi connectivity index (χ1) is 18.9. The molecule has 2 aliphatic rings. The van der Waals surface area contributed by atoms with Gasteiger partial charge in [-0.05, 0) is 42.5 Å². The molecule has 2 aromatic carbocycles. The molecule has 0 radical (unpaired) electrons. The van der Waals surface area contributed by atoms with Gasteiger partial charge in [0.25, 0.3) is 0 Å². The van der Waals surface area contributed by atoms with Crippen LogP contribution in [0.5, 0.6) is 0 Å². The zero-order chi connectivity index (χ0) is 27.6. The van der Waals surface area contributed by atoms with Gasteiger partial charge in [0.2, 0.25) is 11.8 Å². The van der Waals surface area contributed by atoms with Gasteiger partial charge in [-0.3, -0.25) is 14.5 Å². The smallest absolute Gasteiger partial charge is 0.224 e. The molecule has 0 bridgehead atoms. The van der Waals surface area contributed by atoms with E-state index < -0.39 is 6.29 Å². The minimum absolute atomic E-state index is 0.00105. The predicted molar refractivity (Wildman–Crippen MR) is 148 cm³/mol. The van der Waals surface area contributed by atoms with Crippen molar-refractivity contribution in [3.05, 3.63) is 65.2 Å². The van der Waals surface area contributed by atoms with Crippen molar-refractivity contribution in [2.24, 2.45) is 0 Å². The maximum Gasteiger partial charge on any atom is 0.224 e. The molecular formula is C30H41N3O6. The van der Waals surface area contributed by atoms with Gasteiger partial charge < -0.3 is 30.3 Å². The highest BCUT2D eigenvalue weighted by Crippen LogP contribution is 2.38. The standard InChI is InChI=1S/C30H41N3O6/c1-21(35)31-15-4-2-3-5-29(37)32-25-12-10-24(11-13-25)30-38-27(19-33-16-14-26(36)18-33)17-28(39-30)23-8-6-22(20-34)7-9-23/h6-13,26-28,30,34,36H,2-5,14-20H2,1H3,(H,31,35)(H,32,37). The number of hydrogen-bond acceptors (Lipinski definition) is 7. The Bertz CT molecular complexity index is 1060. The van der Waals surface area contributed by atoms with Crippen LogP contribution in [-0.4, -0.2) is 65.3 Å². The number of likely N-dealkylation sites (tertiary alicyclic amines) is 1. The molecule has 4 atom stereocenters. The number of aliphatic hydroxyl groups is 2. The summed E-state index contributed by atoms with van der Waals surface area (Å²) in [6.45, 7) is 4.37. The molecule has 212 valence electrons. The number of carbonyl (C=O) groups is 2. The summed E-state index contributed by atoms with van der Waals surface area (Å²) in [5.74, 6) is -0.0684. The Balaban J connectivity index is 1.34. The fourth-order valence-electron chi connectivity index (χ4n) is 5.10.